The average molecular weight is 344 g/mol. The van der Waals surface area contributed by atoms with E-state index in [-0.39, 0.29) is 0 Å². The summed E-state index contributed by atoms with van der Waals surface area (Å²) in [5, 5.41) is 2.15. The van der Waals surface area contributed by atoms with Crippen LogP contribution < -0.4 is 5.32 Å². The van der Waals surface area contributed by atoms with Crippen LogP contribution in [0.4, 0.5) is 5.69 Å². The Kier molecular flexibility index (Phi) is 4.11. The van der Waals surface area contributed by atoms with Crippen molar-refractivity contribution in [2.75, 3.05) is 11.1 Å². The standard InChI is InChI=1S/C17H16N2O4S/c1-11-7-12(2)9-13(8-11)18-16(20)10-24(21,22)17-19-14-5-3-4-6-15(14)23-17/h3-9H,10H2,1-2H3,(H,18,20). The number of rotatable bonds is 4. The highest BCUT2D eigenvalue weighted by atomic mass is 32.2. The molecule has 1 heterocycles. The van der Waals surface area contributed by atoms with Gasteiger partial charge in [-0.25, -0.2) is 8.42 Å². The predicted molar refractivity (Wildman–Crippen MR) is 90.6 cm³/mol. The fraction of sp³-hybridized carbons (Fsp3) is 0.176. The molecule has 0 saturated heterocycles. The van der Waals surface area contributed by atoms with Crippen LogP contribution in [0.1, 0.15) is 11.1 Å². The van der Waals surface area contributed by atoms with Crippen molar-refractivity contribution >= 4 is 32.5 Å². The predicted octanol–water partition coefficient (Wildman–Crippen LogP) is 2.86. The van der Waals surface area contributed by atoms with E-state index in [1.165, 1.54) is 0 Å². The summed E-state index contributed by atoms with van der Waals surface area (Å²) in [4.78, 5) is 16.0. The molecule has 1 aromatic heterocycles. The molecule has 3 aromatic rings. The molecule has 3 rings (SSSR count). The van der Waals surface area contributed by atoms with Crippen molar-refractivity contribution in [1.82, 2.24) is 4.98 Å². The number of carbonyl (C=O) groups excluding carboxylic acids is 1. The normalized spacial score (nSPS) is 11.6. The molecule has 0 aliphatic rings. The van der Waals surface area contributed by atoms with Gasteiger partial charge in [0.1, 0.15) is 11.3 Å². The summed E-state index contributed by atoms with van der Waals surface area (Å²) in [6.07, 6.45) is 0. The van der Waals surface area contributed by atoms with Gasteiger partial charge in [-0.15, -0.1) is 0 Å². The molecule has 24 heavy (non-hydrogen) atoms. The third-order valence-corrected chi connectivity index (χ3v) is 4.72. The summed E-state index contributed by atoms with van der Waals surface area (Å²) >= 11 is 0. The minimum atomic E-state index is -3.95. The summed E-state index contributed by atoms with van der Waals surface area (Å²) < 4.78 is 29.9. The Morgan fingerprint density at radius 1 is 1.12 bits per heavy atom. The lowest BCUT2D eigenvalue weighted by Gasteiger charge is -2.07. The van der Waals surface area contributed by atoms with Crippen molar-refractivity contribution in [2.24, 2.45) is 0 Å². The number of amides is 1. The Balaban J connectivity index is 1.79. The molecule has 0 bridgehead atoms. The van der Waals surface area contributed by atoms with Gasteiger partial charge in [0.2, 0.25) is 15.7 Å². The Morgan fingerprint density at radius 2 is 1.79 bits per heavy atom. The number of nitrogens with zero attached hydrogens (tertiary/aromatic N) is 1. The highest BCUT2D eigenvalue weighted by molar-refractivity contribution is 7.91. The van der Waals surface area contributed by atoms with Crippen LogP contribution in [0.3, 0.4) is 0 Å². The molecule has 124 valence electrons. The number of aromatic nitrogens is 1. The number of aryl methyl sites for hydroxylation is 2. The number of oxazole rings is 1. The van der Waals surface area contributed by atoms with E-state index in [4.69, 9.17) is 4.42 Å². The van der Waals surface area contributed by atoms with E-state index in [0.29, 0.717) is 16.8 Å². The molecule has 1 N–H and O–H groups in total. The van der Waals surface area contributed by atoms with Crippen molar-refractivity contribution < 1.29 is 17.6 Å². The quantitative estimate of drug-likeness (QED) is 0.786. The zero-order chi connectivity index (χ0) is 17.3. The monoisotopic (exact) mass is 344 g/mol. The molecule has 0 spiro atoms. The highest BCUT2D eigenvalue weighted by Gasteiger charge is 2.25. The Hall–Kier alpha value is -2.67. The summed E-state index contributed by atoms with van der Waals surface area (Å²) in [6, 6.07) is 12.2. The Morgan fingerprint density at radius 3 is 2.46 bits per heavy atom. The lowest BCUT2D eigenvalue weighted by Crippen LogP contribution is -2.23. The second-order valence-electron chi connectivity index (χ2n) is 5.63. The van der Waals surface area contributed by atoms with Gasteiger partial charge in [-0.05, 0) is 49.2 Å². The zero-order valence-corrected chi connectivity index (χ0v) is 14.1. The summed E-state index contributed by atoms with van der Waals surface area (Å²) in [7, 11) is -3.95. The van der Waals surface area contributed by atoms with Crippen LogP contribution in [0.5, 0.6) is 0 Å². The van der Waals surface area contributed by atoms with Gasteiger partial charge in [0.15, 0.2) is 5.58 Å². The van der Waals surface area contributed by atoms with Gasteiger partial charge < -0.3 is 9.73 Å². The lowest BCUT2D eigenvalue weighted by molar-refractivity contribution is -0.113. The van der Waals surface area contributed by atoms with E-state index in [1.54, 1.807) is 36.4 Å². The van der Waals surface area contributed by atoms with Gasteiger partial charge in [0.25, 0.3) is 0 Å². The van der Waals surface area contributed by atoms with E-state index in [0.717, 1.165) is 11.1 Å². The molecule has 0 aliphatic carbocycles. The molecule has 0 fully saturated rings. The van der Waals surface area contributed by atoms with Gasteiger partial charge in [-0.3, -0.25) is 4.79 Å². The second-order valence-corrected chi connectivity index (χ2v) is 7.50. The van der Waals surface area contributed by atoms with Crippen LogP contribution in [0, 0.1) is 13.8 Å². The third kappa shape index (κ3) is 3.46. The molecular weight excluding hydrogens is 328 g/mol. The topological polar surface area (TPSA) is 89.3 Å². The van der Waals surface area contributed by atoms with Crippen LogP contribution in [-0.2, 0) is 14.6 Å². The zero-order valence-electron chi connectivity index (χ0n) is 13.2. The molecule has 0 radical (unpaired) electrons. The SMILES string of the molecule is Cc1cc(C)cc(NC(=O)CS(=O)(=O)c2nc3ccccc3o2)c1. The Labute approximate surface area is 139 Å². The summed E-state index contributed by atoms with van der Waals surface area (Å²) in [5.74, 6) is -1.37. The highest BCUT2D eigenvalue weighted by Crippen LogP contribution is 2.20. The van der Waals surface area contributed by atoms with E-state index >= 15 is 0 Å². The summed E-state index contributed by atoms with van der Waals surface area (Å²) in [5.41, 5.74) is 3.32. The van der Waals surface area contributed by atoms with Crippen molar-refractivity contribution in [3.63, 3.8) is 0 Å². The molecule has 7 heteroatoms. The number of nitrogens with one attached hydrogen (secondary N) is 1. The van der Waals surface area contributed by atoms with Gasteiger partial charge in [-0.2, -0.15) is 4.98 Å². The molecule has 0 unspecified atom stereocenters. The molecule has 1 amide bonds. The number of hydrogen-bond donors (Lipinski definition) is 1. The number of para-hydroxylation sites is 2. The fourth-order valence-electron chi connectivity index (χ4n) is 2.46. The minimum absolute atomic E-state index is 0.366. The van der Waals surface area contributed by atoms with E-state index in [1.807, 2.05) is 19.9 Å². The molecular formula is C17H16N2O4S. The number of hydrogen-bond acceptors (Lipinski definition) is 5. The van der Waals surface area contributed by atoms with Gasteiger partial charge in [0.05, 0.1) is 0 Å². The first-order valence-corrected chi connectivity index (χ1v) is 8.95. The number of carbonyl (C=O) groups is 1. The van der Waals surface area contributed by atoms with Crippen LogP contribution >= 0.6 is 0 Å². The number of benzene rings is 2. The van der Waals surface area contributed by atoms with E-state index in [2.05, 4.69) is 10.3 Å². The fourth-order valence-corrected chi connectivity index (χ4v) is 3.46. The number of anilines is 1. The lowest BCUT2D eigenvalue weighted by atomic mass is 10.1. The second kappa shape index (κ2) is 6.09. The minimum Gasteiger partial charge on any atom is -0.428 e. The van der Waals surface area contributed by atoms with Gasteiger partial charge >= 0.3 is 5.22 Å². The van der Waals surface area contributed by atoms with E-state index in [9.17, 15) is 13.2 Å². The van der Waals surface area contributed by atoms with Gasteiger partial charge in [-0.1, -0.05) is 18.2 Å². The molecule has 0 aliphatic heterocycles. The van der Waals surface area contributed by atoms with Gasteiger partial charge in [0, 0.05) is 5.69 Å². The van der Waals surface area contributed by atoms with Crippen LogP contribution in [0.25, 0.3) is 11.1 Å². The van der Waals surface area contributed by atoms with Crippen molar-refractivity contribution in [3.8, 4) is 0 Å². The van der Waals surface area contributed by atoms with Crippen molar-refractivity contribution in [2.45, 2.75) is 19.1 Å². The number of sulfone groups is 1. The largest absolute Gasteiger partial charge is 0.428 e. The molecule has 2 aromatic carbocycles. The number of fused-ring (bicyclic) bond motifs is 1. The van der Waals surface area contributed by atoms with Crippen molar-refractivity contribution in [1.29, 1.82) is 0 Å². The third-order valence-electron chi connectivity index (χ3n) is 3.37. The van der Waals surface area contributed by atoms with E-state index < -0.39 is 26.7 Å². The smallest absolute Gasteiger partial charge is 0.316 e. The van der Waals surface area contributed by atoms with Crippen LogP contribution in [0.2, 0.25) is 0 Å². The molecule has 6 nitrogen and oxygen atoms in total. The summed E-state index contributed by atoms with van der Waals surface area (Å²) in [6.45, 7) is 3.80. The maximum Gasteiger partial charge on any atom is 0.316 e. The first-order valence-electron chi connectivity index (χ1n) is 7.30. The Bertz CT molecular complexity index is 969. The first-order chi connectivity index (χ1) is 11.3. The average Bonchev–Trinajstić information content (AvgIpc) is 2.90. The maximum absolute atomic E-state index is 12.3. The van der Waals surface area contributed by atoms with Crippen LogP contribution in [0.15, 0.2) is 52.1 Å². The van der Waals surface area contributed by atoms with Crippen molar-refractivity contribution in [3.05, 3.63) is 53.6 Å². The maximum atomic E-state index is 12.3. The van der Waals surface area contributed by atoms with Crippen LogP contribution in [-0.4, -0.2) is 25.1 Å². The molecule has 0 atom stereocenters. The first kappa shape index (κ1) is 16.2. The molecule has 0 saturated carbocycles.